The molecule has 1 aliphatic heterocycles. The number of benzene rings is 1. The Kier molecular flexibility index (Phi) is 4.49. The molecular formula is C14H17FN2O2. The quantitative estimate of drug-likeness (QED) is 0.851. The summed E-state index contributed by atoms with van der Waals surface area (Å²) in [6.45, 7) is 1.43. The molecule has 0 saturated carbocycles. The highest BCUT2D eigenvalue weighted by Crippen LogP contribution is 2.14. The van der Waals surface area contributed by atoms with E-state index in [2.05, 4.69) is 5.32 Å². The van der Waals surface area contributed by atoms with Crippen LogP contribution in [0.25, 0.3) is 0 Å². The molecule has 0 aliphatic carbocycles. The van der Waals surface area contributed by atoms with Gasteiger partial charge in [-0.15, -0.1) is 0 Å². The zero-order chi connectivity index (χ0) is 13.7. The molecule has 0 unspecified atom stereocenters. The molecule has 2 rings (SSSR count). The minimum absolute atomic E-state index is 0.110. The number of hydrogen-bond acceptors (Lipinski definition) is 2. The van der Waals surface area contributed by atoms with Gasteiger partial charge in [-0.2, -0.15) is 0 Å². The lowest BCUT2D eigenvalue weighted by Crippen LogP contribution is -2.37. The highest BCUT2D eigenvalue weighted by Gasteiger charge is 2.19. The normalized spacial score (nSPS) is 15.1. The molecule has 1 saturated heterocycles. The number of nitrogens with one attached hydrogen (secondary N) is 1. The van der Waals surface area contributed by atoms with Crippen molar-refractivity contribution >= 4 is 17.5 Å². The molecule has 1 aromatic rings. The van der Waals surface area contributed by atoms with Gasteiger partial charge in [-0.05, 0) is 31.4 Å². The number of carbonyl (C=O) groups excluding carboxylic acids is 2. The van der Waals surface area contributed by atoms with Crippen LogP contribution in [0.2, 0.25) is 0 Å². The van der Waals surface area contributed by atoms with E-state index < -0.39 is 11.7 Å². The summed E-state index contributed by atoms with van der Waals surface area (Å²) in [4.78, 5) is 25.2. The van der Waals surface area contributed by atoms with Crippen LogP contribution in [0.5, 0.6) is 0 Å². The predicted molar refractivity (Wildman–Crippen MR) is 70.1 cm³/mol. The molecule has 5 heteroatoms. The first-order valence-electron chi connectivity index (χ1n) is 6.49. The van der Waals surface area contributed by atoms with Crippen molar-refractivity contribution in [1.82, 2.24) is 4.90 Å². The van der Waals surface area contributed by atoms with Crippen LogP contribution in [0.4, 0.5) is 10.1 Å². The van der Waals surface area contributed by atoms with Gasteiger partial charge < -0.3 is 10.2 Å². The van der Waals surface area contributed by atoms with Gasteiger partial charge in [0, 0.05) is 13.1 Å². The van der Waals surface area contributed by atoms with E-state index in [4.69, 9.17) is 0 Å². The Labute approximate surface area is 111 Å². The minimum atomic E-state index is -0.499. The molecule has 2 amide bonds. The Morgan fingerprint density at radius 3 is 2.53 bits per heavy atom. The van der Waals surface area contributed by atoms with Crippen molar-refractivity contribution in [1.29, 1.82) is 0 Å². The van der Waals surface area contributed by atoms with Gasteiger partial charge in [-0.1, -0.05) is 12.1 Å². The average Bonchev–Trinajstić information content (AvgIpc) is 2.42. The molecule has 0 aromatic heterocycles. The number of likely N-dealkylation sites (tertiary alicyclic amines) is 1. The number of para-hydroxylation sites is 1. The second kappa shape index (κ2) is 6.31. The molecule has 4 nitrogen and oxygen atoms in total. The number of nitrogens with zero attached hydrogens (tertiary/aromatic N) is 1. The van der Waals surface area contributed by atoms with E-state index in [9.17, 15) is 14.0 Å². The second-order valence-corrected chi connectivity index (χ2v) is 4.65. The van der Waals surface area contributed by atoms with E-state index in [1.54, 1.807) is 17.0 Å². The molecule has 1 N–H and O–H groups in total. The van der Waals surface area contributed by atoms with Crippen LogP contribution in [0.3, 0.4) is 0 Å². The molecule has 0 spiro atoms. The van der Waals surface area contributed by atoms with Gasteiger partial charge in [-0.3, -0.25) is 9.59 Å². The topological polar surface area (TPSA) is 49.4 Å². The number of anilines is 1. The monoisotopic (exact) mass is 264 g/mol. The van der Waals surface area contributed by atoms with E-state index in [0.717, 1.165) is 19.3 Å². The number of halogens is 1. The third-order valence-electron chi connectivity index (χ3n) is 3.17. The first-order valence-corrected chi connectivity index (χ1v) is 6.49. The largest absolute Gasteiger partial charge is 0.342 e. The molecule has 19 heavy (non-hydrogen) atoms. The Bertz CT molecular complexity index is 470. The van der Waals surface area contributed by atoms with Crippen molar-refractivity contribution in [2.75, 3.05) is 18.4 Å². The lowest BCUT2D eigenvalue weighted by Gasteiger charge is -2.26. The van der Waals surface area contributed by atoms with Crippen LogP contribution >= 0.6 is 0 Å². The van der Waals surface area contributed by atoms with Gasteiger partial charge in [0.05, 0.1) is 5.69 Å². The van der Waals surface area contributed by atoms with Gasteiger partial charge in [0.2, 0.25) is 11.8 Å². The maximum absolute atomic E-state index is 13.3. The van der Waals surface area contributed by atoms with Crippen molar-refractivity contribution in [2.24, 2.45) is 0 Å². The third kappa shape index (κ3) is 3.77. The number of rotatable bonds is 3. The summed E-state index contributed by atoms with van der Waals surface area (Å²) in [5.41, 5.74) is 0.110. The van der Waals surface area contributed by atoms with E-state index in [-0.39, 0.29) is 18.0 Å². The summed E-state index contributed by atoms with van der Waals surface area (Å²) in [5.74, 6) is -1.16. The van der Waals surface area contributed by atoms with E-state index in [1.807, 2.05) is 0 Å². The Morgan fingerprint density at radius 2 is 1.84 bits per heavy atom. The van der Waals surface area contributed by atoms with Crippen LogP contribution in [0.1, 0.15) is 25.7 Å². The fraction of sp³-hybridized carbons (Fsp3) is 0.429. The highest BCUT2D eigenvalue weighted by molar-refractivity contribution is 6.03. The average molecular weight is 264 g/mol. The molecule has 1 fully saturated rings. The van der Waals surface area contributed by atoms with Crippen LogP contribution < -0.4 is 5.32 Å². The van der Waals surface area contributed by atoms with Crippen LogP contribution in [0.15, 0.2) is 24.3 Å². The fourth-order valence-corrected chi connectivity index (χ4v) is 2.15. The number of hydrogen-bond donors (Lipinski definition) is 1. The molecule has 102 valence electrons. The number of amides is 2. The van der Waals surface area contributed by atoms with Gasteiger partial charge in [0.25, 0.3) is 0 Å². The van der Waals surface area contributed by atoms with E-state index in [1.165, 1.54) is 12.1 Å². The molecular weight excluding hydrogens is 247 g/mol. The molecule has 0 radical (unpaired) electrons. The smallest absolute Gasteiger partial charge is 0.233 e. The van der Waals surface area contributed by atoms with E-state index >= 15 is 0 Å². The third-order valence-corrected chi connectivity index (χ3v) is 3.17. The van der Waals surface area contributed by atoms with Gasteiger partial charge in [-0.25, -0.2) is 4.39 Å². The van der Waals surface area contributed by atoms with Gasteiger partial charge in [0.15, 0.2) is 0 Å². The summed E-state index contributed by atoms with van der Waals surface area (Å²) in [6.07, 6.45) is 2.88. The lowest BCUT2D eigenvalue weighted by molar-refractivity contribution is -0.135. The van der Waals surface area contributed by atoms with Crippen molar-refractivity contribution in [3.05, 3.63) is 30.1 Å². The number of piperidine rings is 1. The summed E-state index contributed by atoms with van der Waals surface area (Å²) < 4.78 is 13.3. The Hall–Kier alpha value is -1.91. The molecule has 1 aliphatic rings. The molecule has 0 bridgehead atoms. The first-order chi connectivity index (χ1) is 9.16. The van der Waals surface area contributed by atoms with Crippen molar-refractivity contribution in [2.45, 2.75) is 25.7 Å². The fourth-order valence-electron chi connectivity index (χ4n) is 2.15. The second-order valence-electron chi connectivity index (χ2n) is 4.65. The number of carbonyl (C=O) groups is 2. The standard InChI is InChI=1S/C14H17FN2O2/c15-11-6-2-3-7-12(11)16-13(18)10-14(19)17-8-4-1-5-9-17/h2-3,6-7H,1,4-5,8-10H2,(H,16,18). The lowest BCUT2D eigenvalue weighted by atomic mass is 10.1. The summed E-state index contributed by atoms with van der Waals surface area (Å²) >= 11 is 0. The van der Waals surface area contributed by atoms with Gasteiger partial charge >= 0.3 is 0 Å². The Morgan fingerprint density at radius 1 is 1.16 bits per heavy atom. The zero-order valence-corrected chi connectivity index (χ0v) is 10.7. The maximum Gasteiger partial charge on any atom is 0.233 e. The highest BCUT2D eigenvalue weighted by atomic mass is 19.1. The Balaban J connectivity index is 1.87. The van der Waals surface area contributed by atoms with Crippen LogP contribution in [0, 0.1) is 5.82 Å². The molecule has 0 atom stereocenters. The van der Waals surface area contributed by atoms with Crippen molar-refractivity contribution < 1.29 is 14.0 Å². The van der Waals surface area contributed by atoms with E-state index in [0.29, 0.717) is 13.1 Å². The first kappa shape index (κ1) is 13.5. The summed E-state index contributed by atoms with van der Waals surface area (Å²) in [6, 6.07) is 5.91. The summed E-state index contributed by atoms with van der Waals surface area (Å²) in [5, 5.41) is 2.42. The molecule has 1 aromatic carbocycles. The van der Waals surface area contributed by atoms with Crippen LogP contribution in [-0.2, 0) is 9.59 Å². The predicted octanol–water partition coefficient (Wildman–Crippen LogP) is 2.17. The SMILES string of the molecule is O=C(CC(=O)N1CCCCC1)Nc1ccccc1F. The van der Waals surface area contributed by atoms with Gasteiger partial charge in [0.1, 0.15) is 12.2 Å². The zero-order valence-electron chi connectivity index (χ0n) is 10.7. The van der Waals surface area contributed by atoms with Crippen molar-refractivity contribution in [3.63, 3.8) is 0 Å². The van der Waals surface area contributed by atoms with Crippen molar-refractivity contribution in [3.8, 4) is 0 Å². The molecule has 1 heterocycles. The maximum atomic E-state index is 13.3. The summed E-state index contributed by atoms with van der Waals surface area (Å²) in [7, 11) is 0. The minimum Gasteiger partial charge on any atom is -0.342 e. The van der Waals surface area contributed by atoms with Crippen LogP contribution in [-0.4, -0.2) is 29.8 Å².